The summed E-state index contributed by atoms with van der Waals surface area (Å²) in [6.07, 6.45) is 2.61. The Morgan fingerprint density at radius 3 is 2.25 bits per heavy atom. The molecule has 0 saturated heterocycles. The highest BCUT2D eigenvalue weighted by Crippen LogP contribution is 2.15. The van der Waals surface area contributed by atoms with Gasteiger partial charge in [-0.15, -0.1) is 0 Å². The zero-order valence-electron chi connectivity index (χ0n) is 12.7. The maximum Gasteiger partial charge on any atom is 0.118 e. The first-order valence-electron chi connectivity index (χ1n) is 7.21. The van der Waals surface area contributed by atoms with Crippen LogP contribution in [0, 0.1) is 0 Å². The Morgan fingerprint density at radius 2 is 1.80 bits per heavy atom. The van der Waals surface area contributed by atoms with Crippen molar-refractivity contribution in [2.75, 3.05) is 20.3 Å². The van der Waals surface area contributed by atoms with Gasteiger partial charge in [-0.1, -0.05) is 19.1 Å². The van der Waals surface area contributed by atoms with Crippen molar-refractivity contribution in [1.82, 2.24) is 5.32 Å². The van der Waals surface area contributed by atoms with E-state index in [9.17, 15) is 10.2 Å². The third kappa shape index (κ3) is 4.78. The Hall–Kier alpha value is -1.10. The second kappa shape index (κ2) is 8.25. The summed E-state index contributed by atoms with van der Waals surface area (Å²) in [4.78, 5) is 0. The third-order valence-electron chi connectivity index (χ3n) is 3.86. The Labute approximate surface area is 121 Å². The van der Waals surface area contributed by atoms with Gasteiger partial charge in [0.25, 0.3) is 0 Å². The van der Waals surface area contributed by atoms with E-state index in [-0.39, 0.29) is 19.3 Å². The van der Waals surface area contributed by atoms with Crippen molar-refractivity contribution in [3.05, 3.63) is 29.8 Å². The van der Waals surface area contributed by atoms with E-state index in [1.54, 1.807) is 7.11 Å². The van der Waals surface area contributed by atoms with Gasteiger partial charge in [0.1, 0.15) is 5.75 Å². The first-order valence-corrected chi connectivity index (χ1v) is 7.21. The van der Waals surface area contributed by atoms with Crippen molar-refractivity contribution >= 4 is 0 Å². The predicted molar refractivity (Wildman–Crippen MR) is 81.1 cm³/mol. The molecule has 0 spiro atoms. The lowest BCUT2D eigenvalue weighted by Gasteiger charge is -2.33. The minimum atomic E-state index is -0.570. The van der Waals surface area contributed by atoms with Gasteiger partial charge in [0, 0.05) is 6.04 Å². The van der Waals surface area contributed by atoms with E-state index in [1.165, 1.54) is 5.56 Å². The zero-order chi connectivity index (χ0) is 15.0. The maximum absolute atomic E-state index is 9.43. The SMILES string of the molecule is CCC(CO)(CO)NC(C)CCc1ccc(OC)cc1. The first-order chi connectivity index (χ1) is 9.59. The number of hydrogen-bond donors (Lipinski definition) is 3. The number of ether oxygens (including phenoxy) is 1. The summed E-state index contributed by atoms with van der Waals surface area (Å²) >= 11 is 0. The van der Waals surface area contributed by atoms with Crippen molar-refractivity contribution in [2.45, 2.75) is 44.7 Å². The summed E-state index contributed by atoms with van der Waals surface area (Å²) in [5.74, 6) is 0.866. The molecule has 1 unspecified atom stereocenters. The molecule has 20 heavy (non-hydrogen) atoms. The lowest BCUT2D eigenvalue weighted by Crippen LogP contribution is -2.54. The summed E-state index contributed by atoms with van der Waals surface area (Å²) in [7, 11) is 1.66. The highest BCUT2D eigenvalue weighted by Gasteiger charge is 2.27. The Kier molecular flexibility index (Phi) is 6.99. The number of aliphatic hydroxyl groups is 2. The first kappa shape index (κ1) is 17.0. The molecule has 1 aromatic rings. The second-order valence-electron chi connectivity index (χ2n) is 5.38. The van der Waals surface area contributed by atoms with Gasteiger partial charge in [-0.05, 0) is 43.9 Å². The van der Waals surface area contributed by atoms with Gasteiger partial charge in [0.15, 0.2) is 0 Å². The Bertz CT molecular complexity index is 366. The van der Waals surface area contributed by atoms with Crippen LogP contribution in [0.4, 0.5) is 0 Å². The van der Waals surface area contributed by atoms with Gasteiger partial charge in [-0.3, -0.25) is 0 Å². The molecule has 0 heterocycles. The maximum atomic E-state index is 9.43. The number of methoxy groups -OCH3 is 1. The van der Waals surface area contributed by atoms with E-state index in [4.69, 9.17) is 4.74 Å². The lowest BCUT2D eigenvalue weighted by atomic mass is 9.95. The van der Waals surface area contributed by atoms with Crippen molar-refractivity contribution in [2.24, 2.45) is 0 Å². The molecule has 0 radical (unpaired) electrons. The minimum Gasteiger partial charge on any atom is -0.497 e. The van der Waals surface area contributed by atoms with Crippen LogP contribution in [-0.4, -0.2) is 42.1 Å². The molecule has 1 atom stereocenters. The summed E-state index contributed by atoms with van der Waals surface area (Å²) in [5.41, 5.74) is 0.689. The van der Waals surface area contributed by atoms with E-state index >= 15 is 0 Å². The molecule has 0 aliphatic heterocycles. The Morgan fingerprint density at radius 1 is 1.20 bits per heavy atom. The van der Waals surface area contributed by atoms with Gasteiger partial charge < -0.3 is 20.3 Å². The van der Waals surface area contributed by atoms with Crippen LogP contribution in [0.5, 0.6) is 5.75 Å². The van der Waals surface area contributed by atoms with Crippen LogP contribution < -0.4 is 10.1 Å². The van der Waals surface area contributed by atoms with E-state index in [2.05, 4.69) is 24.4 Å². The van der Waals surface area contributed by atoms with Gasteiger partial charge in [-0.2, -0.15) is 0 Å². The molecule has 3 N–H and O–H groups in total. The minimum absolute atomic E-state index is 0.0487. The van der Waals surface area contributed by atoms with Crippen molar-refractivity contribution in [3.8, 4) is 5.75 Å². The predicted octanol–water partition coefficient (Wildman–Crippen LogP) is 1.74. The van der Waals surface area contributed by atoms with Gasteiger partial charge in [0.2, 0.25) is 0 Å². The average molecular weight is 281 g/mol. The molecule has 0 bridgehead atoms. The molecular formula is C16H27NO3. The number of rotatable bonds is 9. The standard InChI is InChI=1S/C16H27NO3/c1-4-16(11-18,12-19)17-13(2)5-6-14-7-9-15(20-3)10-8-14/h7-10,13,17-19H,4-6,11-12H2,1-3H3. The third-order valence-corrected chi connectivity index (χ3v) is 3.86. The van der Waals surface area contributed by atoms with E-state index in [0.717, 1.165) is 18.6 Å². The summed E-state index contributed by atoms with van der Waals surface area (Å²) in [6.45, 7) is 3.95. The normalized spacial score (nSPS) is 13.2. The van der Waals surface area contributed by atoms with E-state index in [0.29, 0.717) is 6.42 Å². The smallest absolute Gasteiger partial charge is 0.118 e. The average Bonchev–Trinajstić information content (AvgIpc) is 2.51. The molecule has 1 rings (SSSR count). The Balaban J connectivity index is 2.47. The molecule has 0 aliphatic rings. The fourth-order valence-electron chi connectivity index (χ4n) is 2.24. The van der Waals surface area contributed by atoms with Crippen LogP contribution in [0.25, 0.3) is 0 Å². The fourth-order valence-corrected chi connectivity index (χ4v) is 2.24. The molecule has 4 heteroatoms. The van der Waals surface area contributed by atoms with Crippen LogP contribution in [0.15, 0.2) is 24.3 Å². The van der Waals surface area contributed by atoms with Gasteiger partial charge >= 0.3 is 0 Å². The number of aliphatic hydroxyl groups excluding tert-OH is 2. The molecule has 0 fully saturated rings. The highest BCUT2D eigenvalue weighted by molar-refractivity contribution is 5.27. The largest absolute Gasteiger partial charge is 0.497 e. The van der Waals surface area contributed by atoms with Crippen LogP contribution in [0.1, 0.15) is 32.3 Å². The van der Waals surface area contributed by atoms with Crippen LogP contribution in [-0.2, 0) is 6.42 Å². The topological polar surface area (TPSA) is 61.7 Å². The second-order valence-corrected chi connectivity index (χ2v) is 5.38. The van der Waals surface area contributed by atoms with Crippen LogP contribution >= 0.6 is 0 Å². The molecule has 0 saturated carbocycles. The van der Waals surface area contributed by atoms with E-state index < -0.39 is 5.54 Å². The fraction of sp³-hybridized carbons (Fsp3) is 0.625. The monoisotopic (exact) mass is 281 g/mol. The quantitative estimate of drug-likeness (QED) is 0.645. The lowest BCUT2D eigenvalue weighted by molar-refractivity contribution is 0.0784. The molecule has 0 aromatic heterocycles. The van der Waals surface area contributed by atoms with Crippen molar-refractivity contribution < 1.29 is 14.9 Å². The number of benzene rings is 1. The number of nitrogens with one attached hydrogen (secondary N) is 1. The molecule has 114 valence electrons. The van der Waals surface area contributed by atoms with Crippen molar-refractivity contribution in [3.63, 3.8) is 0 Å². The summed E-state index contributed by atoms with van der Waals surface area (Å²) in [5, 5.41) is 22.2. The van der Waals surface area contributed by atoms with Gasteiger partial charge in [0.05, 0.1) is 25.9 Å². The van der Waals surface area contributed by atoms with E-state index in [1.807, 2.05) is 19.1 Å². The molecule has 0 amide bonds. The molecule has 0 aliphatic carbocycles. The number of hydrogen-bond acceptors (Lipinski definition) is 4. The van der Waals surface area contributed by atoms with Gasteiger partial charge in [-0.25, -0.2) is 0 Å². The molecule has 4 nitrogen and oxygen atoms in total. The zero-order valence-corrected chi connectivity index (χ0v) is 12.7. The summed E-state index contributed by atoms with van der Waals surface area (Å²) < 4.78 is 5.14. The summed E-state index contributed by atoms with van der Waals surface area (Å²) in [6, 6.07) is 8.29. The molecular weight excluding hydrogens is 254 g/mol. The highest BCUT2D eigenvalue weighted by atomic mass is 16.5. The number of aryl methyl sites for hydroxylation is 1. The van der Waals surface area contributed by atoms with Crippen molar-refractivity contribution in [1.29, 1.82) is 0 Å². The van der Waals surface area contributed by atoms with Crippen LogP contribution in [0.3, 0.4) is 0 Å². The molecule has 1 aromatic carbocycles. The van der Waals surface area contributed by atoms with Crippen LogP contribution in [0.2, 0.25) is 0 Å².